The molecule has 1 aliphatic rings. The van der Waals surface area contributed by atoms with Crippen LogP contribution in [0.3, 0.4) is 0 Å². The van der Waals surface area contributed by atoms with Crippen molar-refractivity contribution in [1.82, 2.24) is 0 Å². The van der Waals surface area contributed by atoms with Gasteiger partial charge in [0, 0.05) is 17.0 Å². The number of hydrazone groups is 1. The molecule has 0 fully saturated rings. The number of halogens is 4. The first kappa shape index (κ1) is 18.0. The van der Waals surface area contributed by atoms with Gasteiger partial charge >= 0.3 is 0 Å². The van der Waals surface area contributed by atoms with Gasteiger partial charge in [0.25, 0.3) is 0 Å². The number of benzene rings is 3. The van der Waals surface area contributed by atoms with Crippen molar-refractivity contribution in [3.05, 3.63) is 99.5 Å². The van der Waals surface area contributed by atoms with Crippen molar-refractivity contribution in [2.24, 2.45) is 5.10 Å². The third-order valence-electron chi connectivity index (χ3n) is 4.50. The van der Waals surface area contributed by atoms with E-state index in [1.165, 1.54) is 18.2 Å². The molecule has 0 saturated heterocycles. The van der Waals surface area contributed by atoms with Crippen LogP contribution in [0.2, 0.25) is 10.0 Å². The zero-order valence-corrected chi connectivity index (χ0v) is 15.6. The Morgan fingerprint density at radius 1 is 0.926 bits per heavy atom. The molecule has 0 N–H and O–H groups in total. The minimum atomic E-state index is -0.340. The molecule has 1 aliphatic heterocycles. The van der Waals surface area contributed by atoms with E-state index in [0.717, 1.165) is 5.56 Å². The van der Waals surface area contributed by atoms with E-state index in [2.05, 4.69) is 5.10 Å². The van der Waals surface area contributed by atoms with Crippen molar-refractivity contribution in [2.75, 3.05) is 5.01 Å². The summed E-state index contributed by atoms with van der Waals surface area (Å²) in [6.45, 7) is 0. The Balaban J connectivity index is 1.82. The normalized spacial score (nSPS) is 16.5. The zero-order valence-electron chi connectivity index (χ0n) is 14.0. The molecule has 6 heteroatoms. The Morgan fingerprint density at radius 2 is 1.67 bits per heavy atom. The molecule has 3 aromatic carbocycles. The van der Waals surface area contributed by atoms with Crippen LogP contribution in [0.25, 0.3) is 0 Å². The van der Waals surface area contributed by atoms with Gasteiger partial charge in [-0.15, -0.1) is 0 Å². The lowest BCUT2D eigenvalue weighted by molar-refractivity contribution is 0.623. The first-order valence-corrected chi connectivity index (χ1v) is 9.10. The van der Waals surface area contributed by atoms with E-state index < -0.39 is 0 Å². The van der Waals surface area contributed by atoms with E-state index in [9.17, 15) is 8.78 Å². The van der Waals surface area contributed by atoms with E-state index in [1.54, 1.807) is 53.5 Å². The highest BCUT2D eigenvalue weighted by molar-refractivity contribution is 6.35. The van der Waals surface area contributed by atoms with Crippen LogP contribution in [0.15, 0.2) is 71.8 Å². The van der Waals surface area contributed by atoms with Crippen molar-refractivity contribution in [3.8, 4) is 0 Å². The van der Waals surface area contributed by atoms with Crippen molar-refractivity contribution < 1.29 is 8.78 Å². The van der Waals surface area contributed by atoms with Crippen LogP contribution < -0.4 is 5.01 Å². The number of hydrogen-bond acceptors (Lipinski definition) is 2. The Hall–Kier alpha value is -2.43. The molecular weight excluding hydrogens is 389 g/mol. The summed E-state index contributed by atoms with van der Waals surface area (Å²) in [7, 11) is 0. The lowest BCUT2D eigenvalue weighted by atomic mass is 9.98. The molecule has 0 aliphatic carbocycles. The minimum absolute atomic E-state index is 0.254. The summed E-state index contributed by atoms with van der Waals surface area (Å²) in [6.07, 6.45) is 0.454. The standard InChI is InChI=1S/C21H14Cl2F2N2/c22-14-7-10-17(23)21(11-14)27-20(13-5-8-15(24)9-6-13)12-19(26-27)16-3-1-2-4-18(16)25/h1-11,20H,12H2/t20-/m0/s1. The Kier molecular flexibility index (Phi) is 4.85. The van der Waals surface area contributed by atoms with E-state index in [4.69, 9.17) is 23.2 Å². The third kappa shape index (κ3) is 3.55. The molecule has 0 saturated carbocycles. The fraction of sp³-hybridized carbons (Fsp3) is 0.0952. The van der Waals surface area contributed by atoms with Crippen LogP contribution in [0.5, 0.6) is 0 Å². The van der Waals surface area contributed by atoms with E-state index in [1.807, 2.05) is 0 Å². The molecule has 3 aromatic rings. The van der Waals surface area contributed by atoms with E-state index in [0.29, 0.717) is 33.4 Å². The van der Waals surface area contributed by atoms with Gasteiger partial charge in [-0.1, -0.05) is 53.5 Å². The summed E-state index contributed by atoms with van der Waals surface area (Å²) in [4.78, 5) is 0. The molecule has 1 atom stereocenters. The summed E-state index contributed by atoms with van der Waals surface area (Å²) in [5, 5.41) is 7.36. The maximum absolute atomic E-state index is 14.3. The second kappa shape index (κ2) is 7.29. The first-order valence-electron chi connectivity index (χ1n) is 8.35. The monoisotopic (exact) mass is 402 g/mol. The van der Waals surface area contributed by atoms with Crippen molar-refractivity contribution >= 4 is 34.6 Å². The number of hydrogen-bond donors (Lipinski definition) is 0. The Morgan fingerprint density at radius 3 is 2.41 bits per heavy atom. The fourth-order valence-corrected chi connectivity index (χ4v) is 3.57. The van der Waals surface area contributed by atoms with Crippen molar-refractivity contribution in [3.63, 3.8) is 0 Å². The predicted octanol–water partition coefficient (Wildman–Crippen LogP) is 6.63. The summed E-state index contributed by atoms with van der Waals surface area (Å²) in [6, 6.07) is 17.5. The van der Waals surface area contributed by atoms with Gasteiger partial charge in [0.2, 0.25) is 0 Å². The average Bonchev–Trinajstić information content (AvgIpc) is 3.09. The molecule has 1 heterocycles. The molecule has 4 rings (SSSR count). The fourth-order valence-electron chi connectivity index (χ4n) is 3.20. The molecule has 0 unspecified atom stereocenters. The molecule has 27 heavy (non-hydrogen) atoms. The van der Waals surface area contributed by atoms with Crippen LogP contribution in [0.1, 0.15) is 23.6 Å². The van der Waals surface area contributed by atoms with Crippen LogP contribution in [0.4, 0.5) is 14.5 Å². The van der Waals surface area contributed by atoms with Crippen LogP contribution in [-0.4, -0.2) is 5.71 Å². The Bertz CT molecular complexity index is 1020. The highest BCUT2D eigenvalue weighted by Gasteiger charge is 2.32. The Labute approximate surface area is 165 Å². The van der Waals surface area contributed by atoms with Crippen LogP contribution >= 0.6 is 23.2 Å². The molecular formula is C21H14Cl2F2N2. The van der Waals surface area contributed by atoms with Crippen LogP contribution in [-0.2, 0) is 0 Å². The quantitative estimate of drug-likeness (QED) is 0.480. The minimum Gasteiger partial charge on any atom is -0.256 e. The summed E-state index contributed by atoms with van der Waals surface area (Å²) in [5.74, 6) is -0.660. The van der Waals surface area contributed by atoms with Gasteiger partial charge in [0.15, 0.2) is 0 Å². The van der Waals surface area contributed by atoms with Crippen LogP contribution in [0, 0.1) is 11.6 Å². The van der Waals surface area contributed by atoms with Gasteiger partial charge in [0.1, 0.15) is 11.6 Å². The van der Waals surface area contributed by atoms with E-state index >= 15 is 0 Å². The zero-order chi connectivity index (χ0) is 19.0. The summed E-state index contributed by atoms with van der Waals surface area (Å²) < 4.78 is 27.7. The lowest BCUT2D eigenvalue weighted by Gasteiger charge is -2.25. The summed E-state index contributed by atoms with van der Waals surface area (Å²) in [5.41, 5.74) is 2.50. The van der Waals surface area contributed by atoms with Gasteiger partial charge < -0.3 is 0 Å². The molecule has 2 nitrogen and oxygen atoms in total. The smallest absolute Gasteiger partial charge is 0.132 e. The van der Waals surface area contributed by atoms with Gasteiger partial charge in [-0.2, -0.15) is 5.10 Å². The first-order chi connectivity index (χ1) is 13.0. The predicted molar refractivity (Wildman–Crippen MR) is 106 cm³/mol. The van der Waals surface area contributed by atoms with E-state index in [-0.39, 0.29) is 17.7 Å². The van der Waals surface area contributed by atoms with Crippen molar-refractivity contribution in [2.45, 2.75) is 12.5 Å². The number of anilines is 1. The van der Waals surface area contributed by atoms with Crippen molar-refractivity contribution in [1.29, 1.82) is 0 Å². The largest absolute Gasteiger partial charge is 0.256 e. The van der Waals surface area contributed by atoms with Gasteiger partial charge in [-0.25, -0.2) is 8.78 Å². The molecule has 0 amide bonds. The molecule has 136 valence electrons. The highest BCUT2D eigenvalue weighted by Crippen LogP contribution is 2.41. The SMILES string of the molecule is Fc1ccc([C@@H]2CC(c3ccccc3F)=NN2c2cc(Cl)ccc2Cl)cc1. The van der Waals surface area contributed by atoms with Gasteiger partial charge in [0.05, 0.1) is 22.5 Å². The average molecular weight is 403 g/mol. The number of rotatable bonds is 3. The van der Waals surface area contributed by atoms with Gasteiger partial charge in [-0.05, 0) is 42.0 Å². The maximum atomic E-state index is 14.3. The van der Waals surface area contributed by atoms with Gasteiger partial charge in [-0.3, -0.25) is 5.01 Å². The summed E-state index contributed by atoms with van der Waals surface area (Å²) >= 11 is 12.5. The topological polar surface area (TPSA) is 15.6 Å². The second-order valence-electron chi connectivity index (χ2n) is 6.24. The maximum Gasteiger partial charge on any atom is 0.132 e. The molecule has 0 radical (unpaired) electrons. The highest BCUT2D eigenvalue weighted by atomic mass is 35.5. The molecule has 0 spiro atoms. The number of nitrogens with zero attached hydrogens (tertiary/aromatic N) is 2. The lowest BCUT2D eigenvalue weighted by Crippen LogP contribution is -2.19. The third-order valence-corrected chi connectivity index (χ3v) is 5.06. The molecule has 0 aromatic heterocycles. The second-order valence-corrected chi connectivity index (χ2v) is 7.08. The molecule has 0 bridgehead atoms.